The highest BCUT2D eigenvalue weighted by Crippen LogP contribution is 2.38. The molecule has 0 saturated heterocycles. The van der Waals surface area contributed by atoms with Crippen LogP contribution in [0.2, 0.25) is 0 Å². The van der Waals surface area contributed by atoms with Gasteiger partial charge in [0.05, 0.1) is 18.6 Å². The fraction of sp³-hybridized carbons (Fsp3) is 0.286. The smallest absolute Gasteiger partial charge is 0.135 e. The van der Waals surface area contributed by atoms with Crippen LogP contribution in [0.15, 0.2) is 34.1 Å². The van der Waals surface area contributed by atoms with Crippen molar-refractivity contribution in [2.75, 3.05) is 13.7 Å². The van der Waals surface area contributed by atoms with Crippen molar-refractivity contribution in [2.45, 2.75) is 13.0 Å². The number of thiophene rings is 1. The predicted octanol–water partition coefficient (Wildman–Crippen LogP) is 4.00. The summed E-state index contributed by atoms with van der Waals surface area (Å²) in [5.74, 6) is 1.49. The van der Waals surface area contributed by atoms with Gasteiger partial charge in [0.1, 0.15) is 17.6 Å². The maximum Gasteiger partial charge on any atom is 0.135 e. The molecule has 1 heterocycles. The molecule has 2 rings (SSSR count). The fourth-order valence-electron chi connectivity index (χ4n) is 1.80. The van der Waals surface area contributed by atoms with Gasteiger partial charge < -0.3 is 14.6 Å². The summed E-state index contributed by atoms with van der Waals surface area (Å²) in [4.78, 5) is 0.798. The fourth-order valence-corrected chi connectivity index (χ4v) is 3.24. The maximum absolute atomic E-state index is 10.5. The van der Waals surface area contributed by atoms with Crippen molar-refractivity contribution in [1.82, 2.24) is 0 Å². The minimum Gasteiger partial charge on any atom is -0.495 e. The van der Waals surface area contributed by atoms with Crippen LogP contribution in [0.4, 0.5) is 0 Å². The van der Waals surface area contributed by atoms with Crippen LogP contribution >= 0.6 is 27.3 Å². The predicted molar refractivity (Wildman–Crippen MR) is 80.2 cm³/mol. The van der Waals surface area contributed by atoms with Crippen LogP contribution in [-0.4, -0.2) is 18.8 Å². The van der Waals surface area contributed by atoms with Crippen LogP contribution in [-0.2, 0) is 0 Å². The number of rotatable bonds is 5. The number of hydrogen-bond donors (Lipinski definition) is 1. The van der Waals surface area contributed by atoms with Crippen LogP contribution < -0.4 is 9.47 Å². The minimum absolute atomic E-state index is 0.618. The van der Waals surface area contributed by atoms with Crippen molar-refractivity contribution in [3.8, 4) is 11.5 Å². The Labute approximate surface area is 124 Å². The highest BCUT2D eigenvalue weighted by molar-refractivity contribution is 9.10. The van der Waals surface area contributed by atoms with E-state index >= 15 is 0 Å². The molecule has 0 radical (unpaired) electrons. The van der Waals surface area contributed by atoms with E-state index in [1.54, 1.807) is 7.11 Å². The summed E-state index contributed by atoms with van der Waals surface area (Å²) in [5.41, 5.74) is 0.796. The SMILES string of the molecule is CCOc1ccc(C(O)c2sccc2OC)c(Br)c1. The van der Waals surface area contributed by atoms with Crippen molar-refractivity contribution in [3.63, 3.8) is 0 Å². The lowest BCUT2D eigenvalue weighted by Gasteiger charge is -2.14. The summed E-state index contributed by atoms with van der Waals surface area (Å²) in [6.07, 6.45) is -0.708. The first-order valence-corrected chi connectivity index (χ1v) is 7.56. The van der Waals surface area contributed by atoms with Gasteiger partial charge in [-0.25, -0.2) is 0 Å². The highest BCUT2D eigenvalue weighted by atomic mass is 79.9. The molecule has 0 aliphatic heterocycles. The quantitative estimate of drug-likeness (QED) is 0.892. The summed E-state index contributed by atoms with van der Waals surface area (Å²) in [6, 6.07) is 7.43. The number of aliphatic hydroxyl groups is 1. The van der Waals surface area contributed by atoms with E-state index in [4.69, 9.17) is 9.47 Å². The Morgan fingerprint density at radius 1 is 1.37 bits per heavy atom. The average molecular weight is 343 g/mol. The summed E-state index contributed by atoms with van der Waals surface area (Å²) in [7, 11) is 1.60. The van der Waals surface area contributed by atoms with Gasteiger partial charge in [0, 0.05) is 10.0 Å². The van der Waals surface area contributed by atoms with E-state index in [9.17, 15) is 5.11 Å². The van der Waals surface area contributed by atoms with Crippen LogP contribution in [0, 0.1) is 0 Å². The first-order chi connectivity index (χ1) is 9.17. The third-order valence-corrected chi connectivity index (χ3v) is 4.34. The molecule has 0 saturated carbocycles. The second-order valence-electron chi connectivity index (χ2n) is 3.87. The van der Waals surface area contributed by atoms with Gasteiger partial charge in [-0.15, -0.1) is 11.3 Å². The molecule has 0 aliphatic rings. The zero-order valence-electron chi connectivity index (χ0n) is 10.7. The number of ether oxygens (including phenoxy) is 2. The molecule has 0 fully saturated rings. The third-order valence-electron chi connectivity index (χ3n) is 2.70. The lowest BCUT2D eigenvalue weighted by molar-refractivity contribution is 0.218. The third kappa shape index (κ3) is 3.11. The van der Waals surface area contributed by atoms with E-state index in [2.05, 4.69) is 15.9 Å². The van der Waals surface area contributed by atoms with Crippen molar-refractivity contribution >= 4 is 27.3 Å². The Balaban J connectivity index is 2.31. The van der Waals surface area contributed by atoms with Crippen LogP contribution in [0.5, 0.6) is 11.5 Å². The summed E-state index contributed by atoms with van der Waals surface area (Å²) >= 11 is 4.95. The highest BCUT2D eigenvalue weighted by Gasteiger charge is 2.19. The summed E-state index contributed by atoms with van der Waals surface area (Å²) in [6.45, 7) is 2.56. The second kappa shape index (κ2) is 6.41. The van der Waals surface area contributed by atoms with Gasteiger partial charge in [-0.1, -0.05) is 22.0 Å². The Morgan fingerprint density at radius 2 is 2.16 bits per heavy atom. The van der Waals surface area contributed by atoms with Gasteiger partial charge in [-0.05, 0) is 30.5 Å². The topological polar surface area (TPSA) is 38.7 Å². The molecule has 0 amide bonds. The molecule has 0 bridgehead atoms. The van der Waals surface area contributed by atoms with Crippen molar-refractivity contribution in [1.29, 1.82) is 0 Å². The first-order valence-electron chi connectivity index (χ1n) is 5.89. The molecule has 1 unspecified atom stereocenters. The van der Waals surface area contributed by atoms with E-state index in [1.165, 1.54) is 11.3 Å². The molecule has 0 aliphatic carbocycles. The Bertz CT molecular complexity index is 553. The number of hydrogen-bond acceptors (Lipinski definition) is 4. The van der Waals surface area contributed by atoms with E-state index in [1.807, 2.05) is 36.6 Å². The number of halogens is 1. The minimum atomic E-state index is -0.708. The number of aliphatic hydroxyl groups excluding tert-OH is 1. The molecule has 5 heteroatoms. The Kier molecular flexibility index (Phi) is 4.85. The summed E-state index contributed by atoms with van der Waals surface area (Å²) < 4.78 is 11.5. The van der Waals surface area contributed by atoms with Gasteiger partial charge in [0.15, 0.2) is 0 Å². The zero-order valence-corrected chi connectivity index (χ0v) is 13.1. The standard InChI is InChI=1S/C14H15BrO3S/c1-3-18-9-4-5-10(11(15)8-9)13(16)14-12(17-2)6-7-19-14/h4-8,13,16H,3H2,1-2H3. The molecular formula is C14H15BrO3S. The van der Waals surface area contributed by atoms with Crippen molar-refractivity contribution < 1.29 is 14.6 Å². The van der Waals surface area contributed by atoms with Crippen molar-refractivity contribution in [2.24, 2.45) is 0 Å². The van der Waals surface area contributed by atoms with Gasteiger partial charge in [0.2, 0.25) is 0 Å². The van der Waals surface area contributed by atoms with E-state index in [0.29, 0.717) is 12.4 Å². The molecule has 102 valence electrons. The molecule has 0 spiro atoms. The van der Waals surface area contributed by atoms with Gasteiger partial charge >= 0.3 is 0 Å². The molecule has 1 aromatic carbocycles. The monoisotopic (exact) mass is 342 g/mol. The van der Waals surface area contributed by atoms with E-state index < -0.39 is 6.10 Å². The zero-order chi connectivity index (χ0) is 13.8. The molecule has 1 aromatic heterocycles. The second-order valence-corrected chi connectivity index (χ2v) is 5.67. The number of methoxy groups -OCH3 is 1. The first kappa shape index (κ1) is 14.4. The Hall–Kier alpha value is -1.04. The molecule has 3 nitrogen and oxygen atoms in total. The normalized spacial score (nSPS) is 12.2. The molecule has 1 atom stereocenters. The maximum atomic E-state index is 10.5. The Morgan fingerprint density at radius 3 is 2.79 bits per heavy atom. The molecule has 1 N–H and O–H groups in total. The number of benzene rings is 1. The largest absolute Gasteiger partial charge is 0.495 e. The lowest BCUT2D eigenvalue weighted by Crippen LogP contribution is -2.01. The average Bonchev–Trinajstić information content (AvgIpc) is 2.87. The van der Waals surface area contributed by atoms with Crippen LogP contribution in [0.3, 0.4) is 0 Å². The van der Waals surface area contributed by atoms with Gasteiger partial charge in [0.25, 0.3) is 0 Å². The van der Waals surface area contributed by atoms with E-state index in [-0.39, 0.29) is 0 Å². The van der Waals surface area contributed by atoms with Gasteiger partial charge in [-0.3, -0.25) is 0 Å². The summed E-state index contributed by atoms with van der Waals surface area (Å²) in [5, 5.41) is 12.4. The van der Waals surface area contributed by atoms with Crippen LogP contribution in [0.1, 0.15) is 23.5 Å². The van der Waals surface area contributed by atoms with Crippen molar-refractivity contribution in [3.05, 3.63) is 44.6 Å². The molecule has 19 heavy (non-hydrogen) atoms. The van der Waals surface area contributed by atoms with Gasteiger partial charge in [-0.2, -0.15) is 0 Å². The van der Waals surface area contributed by atoms with Crippen LogP contribution in [0.25, 0.3) is 0 Å². The van der Waals surface area contributed by atoms with E-state index in [0.717, 1.165) is 20.7 Å². The molecular weight excluding hydrogens is 328 g/mol. The molecule has 2 aromatic rings. The lowest BCUT2D eigenvalue weighted by atomic mass is 10.1.